The number of anilines is 1. The lowest BCUT2D eigenvalue weighted by molar-refractivity contribution is -0.140. The predicted molar refractivity (Wildman–Crippen MR) is 187 cm³/mol. The molecule has 0 saturated heterocycles. The first kappa shape index (κ1) is 35.5. The third kappa shape index (κ3) is 8.93. The van der Waals surface area contributed by atoms with Gasteiger partial charge in [0.2, 0.25) is 11.8 Å². The van der Waals surface area contributed by atoms with Gasteiger partial charge in [-0.1, -0.05) is 64.5 Å². The van der Waals surface area contributed by atoms with Gasteiger partial charge in [0.25, 0.3) is 10.0 Å². The lowest BCUT2D eigenvalue weighted by Crippen LogP contribution is -2.53. The van der Waals surface area contributed by atoms with Gasteiger partial charge < -0.3 is 19.7 Å². The summed E-state index contributed by atoms with van der Waals surface area (Å²) in [6.45, 7) is 5.43. The van der Waals surface area contributed by atoms with Gasteiger partial charge in [0.15, 0.2) is 11.5 Å². The van der Waals surface area contributed by atoms with Crippen molar-refractivity contribution >= 4 is 43.5 Å². The minimum absolute atomic E-state index is 0.0734. The van der Waals surface area contributed by atoms with E-state index in [-0.39, 0.29) is 29.5 Å². The molecule has 0 bridgehead atoms. The van der Waals surface area contributed by atoms with Crippen molar-refractivity contribution in [1.29, 1.82) is 0 Å². The zero-order valence-electron chi connectivity index (χ0n) is 27.2. The molecule has 0 aliphatic carbocycles. The smallest absolute Gasteiger partial charge is 0.264 e. The lowest BCUT2D eigenvalue weighted by atomic mass is 10.0. The summed E-state index contributed by atoms with van der Waals surface area (Å²) in [5.74, 6) is -0.275. The molecule has 0 aromatic heterocycles. The highest BCUT2D eigenvalue weighted by Gasteiger charge is 2.35. The van der Waals surface area contributed by atoms with Crippen LogP contribution in [0, 0.1) is 13.8 Å². The summed E-state index contributed by atoms with van der Waals surface area (Å²) in [6, 6.07) is 25.7. The molecule has 4 rings (SSSR count). The predicted octanol–water partition coefficient (Wildman–Crippen LogP) is 6.05. The molecule has 0 heterocycles. The highest BCUT2D eigenvalue weighted by atomic mass is 79.9. The highest BCUT2D eigenvalue weighted by molar-refractivity contribution is 9.10. The van der Waals surface area contributed by atoms with Gasteiger partial charge >= 0.3 is 0 Å². The van der Waals surface area contributed by atoms with Gasteiger partial charge in [-0.3, -0.25) is 13.9 Å². The Morgan fingerprint density at radius 2 is 1.49 bits per heavy atom. The lowest BCUT2D eigenvalue weighted by Gasteiger charge is -2.34. The van der Waals surface area contributed by atoms with E-state index in [1.54, 1.807) is 12.1 Å². The van der Waals surface area contributed by atoms with E-state index in [0.29, 0.717) is 18.0 Å². The fourth-order valence-corrected chi connectivity index (χ4v) is 7.27. The second kappa shape index (κ2) is 16.0. The molecule has 1 N–H and O–H groups in total. The molecule has 1 atom stereocenters. The molecule has 0 radical (unpaired) electrons. The molecule has 2 amide bonds. The van der Waals surface area contributed by atoms with Gasteiger partial charge in [0.1, 0.15) is 12.6 Å². The zero-order valence-corrected chi connectivity index (χ0v) is 29.6. The third-order valence-electron chi connectivity index (χ3n) is 7.58. The van der Waals surface area contributed by atoms with Gasteiger partial charge in [-0.25, -0.2) is 8.42 Å². The minimum atomic E-state index is -4.33. The largest absolute Gasteiger partial charge is 0.493 e. The number of methoxy groups -OCH3 is 2. The van der Waals surface area contributed by atoms with E-state index in [1.807, 2.05) is 81.4 Å². The van der Waals surface area contributed by atoms with Crippen molar-refractivity contribution in [2.24, 2.45) is 0 Å². The minimum Gasteiger partial charge on any atom is -0.493 e. The van der Waals surface area contributed by atoms with E-state index in [2.05, 4.69) is 21.2 Å². The number of sulfonamides is 1. The number of carbonyl (C=O) groups excluding carboxylic acids is 2. The van der Waals surface area contributed by atoms with Gasteiger partial charge in [0.05, 0.1) is 24.8 Å². The number of nitrogens with zero attached hydrogens (tertiary/aromatic N) is 2. The van der Waals surface area contributed by atoms with Crippen LogP contribution in [0.5, 0.6) is 11.5 Å². The molecule has 0 spiro atoms. The quantitative estimate of drug-likeness (QED) is 0.170. The fraction of sp³-hybridized carbons (Fsp3) is 0.278. The van der Waals surface area contributed by atoms with Gasteiger partial charge in [-0.05, 0) is 79.4 Å². The second-order valence-electron chi connectivity index (χ2n) is 11.1. The molecular formula is C36H40BrN3O6S. The Bertz CT molecular complexity index is 1800. The Morgan fingerprint density at radius 1 is 0.830 bits per heavy atom. The van der Waals surface area contributed by atoms with Crippen molar-refractivity contribution in [2.45, 2.75) is 44.7 Å². The van der Waals surface area contributed by atoms with E-state index in [0.717, 1.165) is 31.0 Å². The van der Waals surface area contributed by atoms with Gasteiger partial charge in [0, 0.05) is 30.0 Å². The van der Waals surface area contributed by atoms with Crippen LogP contribution in [0.3, 0.4) is 0 Å². The average Bonchev–Trinajstić information content (AvgIpc) is 3.04. The number of ether oxygens (including phenoxy) is 2. The van der Waals surface area contributed by atoms with Crippen molar-refractivity contribution in [1.82, 2.24) is 10.2 Å². The van der Waals surface area contributed by atoms with Crippen molar-refractivity contribution in [3.63, 3.8) is 0 Å². The van der Waals surface area contributed by atoms with Crippen LogP contribution in [0.1, 0.15) is 29.2 Å². The number of rotatable bonds is 14. The van der Waals surface area contributed by atoms with Gasteiger partial charge in [-0.2, -0.15) is 0 Å². The van der Waals surface area contributed by atoms with Crippen LogP contribution in [0.2, 0.25) is 0 Å². The molecule has 4 aromatic carbocycles. The number of halogens is 1. The number of carbonyl (C=O) groups is 2. The molecule has 0 saturated carbocycles. The van der Waals surface area contributed by atoms with Crippen molar-refractivity contribution in [3.05, 3.63) is 118 Å². The number of likely N-dealkylation sites (N-methyl/N-ethyl adjacent to an activating group) is 1. The van der Waals surface area contributed by atoms with E-state index in [1.165, 1.54) is 37.3 Å². The average molecular weight is 723 g/mol. The van der Waals surface area contributed by atoms with Crippen molar-refractivity contribution in [3.8, 4) is 11.5 Å². The zero-order chi connectivity index (χ0) is 34.1. The molecule has 1 unspecified atom stereocenters. The summed E-state index contributed by atoms with van der Waals surface area (Å²) in [5.41, 5.74) is 3.62. The van der Waals surface area contributed by atoms with Crippen molar-refractivity contribution in [2.75, 3.05) is 31.6 Å². The van der Waals surface area contributed by atoms with Crippen LogP contribution in [-0.4, -0.2) is 58.5 Å². The highest BCUT2D eigenvalue weighted by Crippen LogP contribution is 2.33. The molecule has 0 fully saturated rings. The number of hydrogen-bond acceptors (Lipinski definition) is 6. The SMILES string of the molecule is CCNC(=O)C(Cc1ccccc1)N(Cc1cccc(Br)c1)C(=O)CN(c1cc(C)cc(C)c1)S(=O)(=O)c1ccc(OC)c(OC)c1. The Labute approximate surface area is 285 Å². The van der Waals surface area contributed by atoms with E-state index in [9.17, 15) is 18.0 Å². The molecular weight excluding hydrogens is 682 g/mol. The second-order valence-corrected chi connectivity index (χ2v) is 13.9. The first-order valence-electron chi connectivity index (χ1n) is 15.2. The maximum atomic E-state index is 14.6. The molecule has 248 valence electrons. The van der Waals surface area contributed by atoms with Crippen molar-refractivity contribution < 1.29 is 27.5 Å². The Kier molecular flexibility index (Phi) is 12.1. The standard InChI is InChI=1S/C36H40BrN3O6S/c1-6-38-36(42)32(21-27-11-8-7-9-12-27)39(23-28-13-10-14-29(37)20-28)35(41)24-40(30-18-25(2)17-26(3)19-30)47(43,44)31-15-16-33(45-4)34(22-31)46-5/h7-20,22,32H,6,21,23-24H2,1-5H3,(H,38,42). The maximum Gasteiger partial charge on any atom is 0.264 e. The summed E-state index contributed by atoms with van der Waals surface area (Å²) in [4.78, 5) is 29.7. The number of amides is 2. The number of aryl methyl sites for hydroxylation is 2. The van der Waals surface area contributed by atoms with Crippen LogP contribution < -0.4 is 19.1 Å². The van der Waals surface area contributed by atoms with Gasteiger partial charge in [-0.15, -0.1) is 0 Å². The molecule has 4 aromatic rings. The first-order valence-corrected chi connectivity index (χ1v) is 17.4. The van der Waals surface area contributed by atoms with Crippen LogP contribution >= 0.6 is 15.9 Å². The fourth-order valence-electron chi connectivity index (χ4n) is 5.41. The van der Waals surface area contributed by atoms with E-state index >= 15 is 0 Å². The number of nitrogens with one attached hydrogen (secondary N) is 1. The van der Waals surface area contributed by atoms with Crippen LogP contribution in [0.25, 0.3) is 0 Å². The molecule has 11 heteroatoms. The number of benzene rings is 4. The topological polar surface area (TPSA) is 105 Å². The maximum absolute atomic E-state index is 14.6. The molecule has 47 heavy (non-hydrogen) atoms. The van der Waals surface area contributed by atoms with E-state index in [4.69, 9.17) is 9.47 Å². The summed E-state index contributed by atoms with van der Waals surface area (Å²) in [6.07, 6.45) is 0.235. The Morgan fingerprint density at radius 3 is 2.11 bits per heavy atom. The van der Waals surface area contributed by atoms with Crippen LogP contribution in [-0.2, 0) is 32.6 Å². The summed E-state index contributed by atoms with van der Waals surface area (Å²) >= 11 is 3.50. The summed E-state index contributed by atoms with van der Waals surface area (Å²) < 4.78 is 41.5. The molecule has 9 nitrogen and oxygen atoms in total. The van der Waals surface area contributed by atoms with Crippen LogP contribution in [0.15, 0.2) is 100 Å². The summed E-state index contributed by atoms with van der Waals surface area (Å²) in [5, 5.41) is 2.88. The number of hydrogen-bond donors (Lipinski definition) is 1. The Balaban J connectivity index is 1.85. The molecule has 0 aliphatic heterocycles. The first-order chi connectivity index (χ1) is 22.5. The summed E-state index contributed by atoms with van der Waals surface area (Å²) in [7, 11) is -1.44. The van der Waals surface area contributed by atoms with Crippen LogP contribution in [0.4, 0.5) is 5.69 Å². The molecule has 0 aliphatic rings. The Hall–Kier alpha value is -4.35. The normalized spacial score (nSPS) is 11.8. The third-order valence-corrected chi connectivity index (χ3v) is 9.84. The van der Waals surface area contributed by atoms with E-state index < -0.39 is 28.5 Å². The monoisotopic (exact) mass is 721 g/mol.